The molecule has 0 unspecified atom stereocenters. The summed E-state index contributed by atoms with van der Waals surface area (Å²) in [6.07, 6.45) is 2.35. The van der Waals surface area contributed by atoms with Gasteiger partial charge in [-0.05, 0) is 43.2 Å². The molecular weight excluding hydrogens is 412 g/mol. The third-order valence-corrected chi connectivity index (χ3v) is 5.69. The van der Waals surface area contributed by atoms with Gasteiger partial charge in [0.25, 0.3) is 0 Å². The number of aromatic nitrogens is 2. The van der Waals surface area contributed by atoms with E-state index in [0.717, 1.165) is 11.1 Å². The minimum atomic E-state index is -0.952. The molecule has 10 heteroatoms. The van der Waals surface area contributed by atoms with E-state index in [9.17, 15) is 19.2 Å². The Kier molecular flexibility index (Phi) is 5.55. The lowest BCUT2D eigenvalue weighted by molar-refractivity contribution is -0.137. The second-order valence-electron chi connectivity index (χ2n) is 8.74. The van der Waals surface area contributed by atoms with Gasteiger partial charge in [-0.25, -0.2) is 9.59 Å². The molecule has 1 fully saturated rings. The van der Waals surface area contributed by atoms with Crippen LogP contribution in [-0.4, -0.2) is 68.8 Å². The Bertz CT molecular complexity index is 1140. The van der Waals surface area contributed by atoms with Gasteiger partial charge in [-0.1, -0.05) is 6.07 Å². The summed E-state index contributed by atoms with van der Waals surface area (Å²) < 4.78 is 1.37. The van der Waals surface area contributed by atoms with Crippen LogP contribution in [0, 0.1) is 0 Å². The van der Waals surface area contributed by atoms with E-state index in [2.05, 4.69) is 10.3 Å². The Hall–Kier alpha value is -3.53. The highest BCUT2D eigenvalue weighted by molar-refractivity contribution is 5.89. The lowest BCUT2D eigenvalue weighted by atomic mass is 10.1. The fourth-order valence-electron chi connectivity index (χ4n) is 3.96. The topological polar surface area (TPSA) is 131 Å². The predicted octanol–water partition coefficient (Wildman–Crippen LogP) is 0.314. The number of hydrogen-bond donors (Lipinski definition) is 2. The first-order valence-corrected chi connectivity index (χ1v) is 10.5. The summed E-state index contributed by atoms with van der Waals surface area (Å²) in [5.41, 5.74) is 6.92. The molecule has 3 N–H and O–H groups in total. The zero-order valence-electron chi connectivity index (χ0n) is 18.1. The number of nitrogens with two attached hydrogens (primary N) is 1. The Morgan fingerprint density at radius 1 is 1.00 bits per heavy atom. The second-order valence-corrected chi connectivity index (χ2v) is 8.74. The van der Waals surface area contributed by atoms with Crippen LogP contribution in [-0.2, 0) is 22.4 Å². The van der Waals surface area contributed by atoms with Gasteiger partial charge in [-0.3, -0.25) is 19.5 Å². The van der Waals surface area contributed by atoms with Gasteiger partial charge in [0.05, 0.1) is 11.2 Å². The molecule has 2 aromatic rings. The van der Waals surface area contributed by atoms with Crippen LogP contribution < -0.4 is 16.7 Å². The van der Waals surface area contributed by atoms with Crippen LogP contribution in [0.5, 0.6) is 0 Å². The van der Waals surface area contributed by atoms with Crippen molar-refractivity contribution >= 4 is 23.5 Å². The van der Waals surface area contributed by atoms with Crippen molar-refractivity contribution in [3.05, 3.63) is 52.1 Å². The van der Waals surface area contributed by atoms with Crippen molar-refractivity contribution in [2.75, 3.05) is 31.5 Å². The first-order chi connectivity index (χ1) is 15.1. The third-order valence-electron chi connectivity index (χ3n) is 5.69. The maximum atomic E-state index is 12.6. The number of carbonyl (C=O) groups excluding carboxylic acids is 3. The molecule has 4 rings (SSSR count). The molecule has 2 aliphatic rings. The molecule has 1 aromatic carbocycles. The van der Waals surface area contributed by atoms with Crippen LogP contribution in [0.1, 0.15) is 25.0 Å². The van der Waals surface area contributed by atoms with Gasteiger partial charge in [0.15, 0.2) is 0 Å². The molecule has 0 atom stereocenters. The molecule has 1 saturated heterocycles. The summed E-state index contributed by atoms with van der Waals surface area (Å²) in [7, 11) is 0. The molecule has 1 aliphatic carbocycles. The van der Waals surface area contributed by atoms with Gasteiger partial charge >= 0.3 is 11.7 Å². The number of rotatable bonds is 3. The Labute approximate surface area is 185 Å². The summed E-state index contributed by atoms with van der Waals surface area (Å²) in [6, 6.07) is 6.62. The monoisotopic (exact) mass is 438 g/mol. The highest BCUT2D eigenvalue weighted by Crippen LogP contribution is 2.22. The van der Waals surface area contributed by atoms with Crippen LogP contribution in [0.15, 0.2) is 35.3 Å². The number of Topliss-reactive ketones (excluding diaryl/α,β-unsaturated/α-hetero) is 1. The Balaban J connectivity index is 1.40. The number of piperazine rings is 1. The van der Waals surface area contributed by atoms with Gasteiger partial charge in [0, 0.05) is 45.2 Å². The summed E-state index contributed by atoms with van der Waals surface area (Å²) in [6.45, 7) is 4.82. The first-order valence-electron chi connectivity index (χ1n) is 10.5. The van der Waals surface area contributed by atoms with Gasteiger partial charge in [0.1, 0.15) is 11.6 Å². The van der Waals surface area contributed by atoms with Crippen LogP contribution in [0.4, 0.5) is 10.6 Å². The Morgan fingerprint density at radius 2 is 1.66 bits per heavy atom. The number of nitrogens with zero attached hydrogens (tertiary/aromatic N) is 4. The van der Waals surface area contributed by atoms with Gasteiger partial charge < -0.3 is 15.5 Å². The number of carbonyl (C=O) groups is 3. The average Bonchev–Trinajstić information content (AvgIpc) is 3.12. The van der Waals surface area contributed by atoms with Crippen LogP contribution in [0.2, 0.25) is 0 Å². The van der Waals surface area contributed by atoms with Crippen LogP contribution in [0.3, 0.4) is 0 Å². The standard InChI is InChI=1S/C22H26N6O4/c1-22(2,23)19(30)26-7-9-27(10-8-26)20(31)24-18-5-6-28(21(32)25-18)16-4-3-14-12-17(29)13-15(14)11-16/h3-6,11H,7-10,12-13,23H2,1-2H3,(H,24,25,31,32). The number of amides is 3. The molecule has 3 amide bonds. The largest absolute Gasteiger partial charge is 0.354 e. The highest BCUT2D eigenvalue weighted by atomic mass is 16.2. The van der Waals surface area contributed by atoms with E-state index in [-0.39, 0.29) is 23.5 Å². The lowest BCUT2D eigenvalue weighted by Gasteiger charge is -2.37. The predicted molar refractivity (Wildman–Crippen MR) is 118 cm³/mol. The normalized spacial score (nSPS) is 16.2. The second kappa shape index (κ2) is 8.19. The molecule has 1 aliphatic heterocycles. The van der Waals surface area contributed by atoms with Gasteiger partial charge in [0.2, 0.25) is 5.91 Å². The van der Waals surface area contributed by atoms with Gasteiger partial charge in [-0.2, -0.15) is 4.98 Å². The number of urea groups is 1. The smallest absolute Gasteiger partial charge is 0.338 e. The number of hydrogen-bond acceptors (Lipinski definition) is 6. The fraction of sp³-hybridized carbons (Fsp3) is 0.409. The summed E-state index contributed by atoms with van der Waals surface area (Å²) in [5.74, 6) is 0.158. The van der Waals surface area contributed by atoms with E-state index in [1.165, 1.54) is 4.57 Å². The van der Waals surface area contributed by atoms with Crippen LogP contribution >= 0.6 is 0 Å². The molecule has 10 nitrogen and oxygen atoms in total. The van der Waals surface area contributed by atoms with Crippen molar-refractivity contribution in [1.29, 1.82) is 0 Å². The number of anilines is 1. The molecule has 32 heavy (non-hydrogen) atoms. The SMILES string of the molecule is CC(C)(N)C(=O)N1CCN(C(=O)Nc2ccn(-c3ccc4c(c3)CC(=O)C4)c(=O)n2)CC1. The third kappa shape index (κ3) is 4.40. The molecule has 2 heterocycles. The maximum Gasteiger partial charge on any atom is 0.354 e. The molecule has 0 spiro atoms. The van der Waals surface area contributed by atoms with Crippen molar-refractivity contribution in [1.82, 2.24) is 19.4 Å². The first kappa shape index (κ1) is 21.7. The summed E-state index contributed by atoms with van der Waals surface area (Å²) in [4.78, 5) is 56.2. The van der Waals surface area contributed by atoms with E-state index >= 15 is 0 Å². The van der Waals surface area contributed by atoms with Crippen molar-refractivity contribution in [3.8, 4) is 5.69 Å². The van der Waals surface area contributed by atoms with Crippen molar-refractivity contribution in [2.45, 2.75) is 32.2 Å². The molecular formula is C22H26N6O4. The average molecular weight is 438 g/mol. The van der Waals surface area contributed by atoms with E-state index in [0.29, 0.717) is 44.7 Å². The van der Waals surface area contributed by atoms with Gasteiger partial charge in [-0.15, -0.1) is 0 Å². The molecule has 0 radical (unpaired) electrons. The molecule has 1 aromatic heterocycles. The van der Waals surface area contributed by atoms with Crippen molar-refractivity contribution in [2.24, 2.45) is 5.73 Å². The van der Waals surface area contributed by atoms with E-state index < -0.39 is 11.2 Å². The lowest BCUT2D eigenvalue weighted by Crippen LogP contribution is -2.58. The Morgan fingerprint density at radius 3 is 2.31 bits per heavy atom. The zero-order valence-corrected chi connectivity index (χ0v) is 18.1. The maximum absolute atomic E-state index is 12.6. The van der Waals surface area contributed by atoms with E-state index in [1.807, 2.05) is 12.1 Å². The number of nitrogens with one attached hydrogen (secondary N) is 1. The number of benzene rings is 1. The minimum Gasteiger partial charge on any atom is -0.338 e. The highest BCUT2D eigenvalue weighted by Gasteiger charge is 2.31. The zero-order chi connectivity index (χ0) is 23.0. The number of ketones is 1. The molecule has 0 saturated carbocycles. The minimum absolute atomic E-state index is 0.147. The molecule has 0 bridgehead atoms. The van der Waals surface area contributed by atoms with E-state index in [4.69, 9.17) is 5.73 Å². The fourth-order valence-corrected chi connectivity index (χ4v) is 3.96. The quantitative estimate of drug-likeness (QED) is 0.709. The summed E-state index contributed by atoms with van der Waals surface area (Å²) in [5, 5.41) is 2.64. The summed E-state index contributed by atoms with van der Waals surface area (Å²) >= 11 is 0. The van der Waals surface area contributed by atoms with E-state index in [1.54, 1.807) is 42.0 Å². The molecule has 168 valence electrons. The number of fused-ring (bicyclic) bond motifs is 1. The van der Waals surface area contributed by atoms with Crippen LogP contribution in [0.25, 0.3) is 5.69 Å². The van der Waals surface area contributed by atoms with Crippen molar-refractivity contribution in [3.63, 3.8) is 0 Å². The van der Waals surface area contributed by atoms with Crippen molar-refractivity contribution < 1.29 is 14.4 Å².